The van der Waals surface area contributed by atoms with E-state index in [1.165, 1.54) is 10.5 Å². The third kappa shape index (κ3) is 4.24. The first-order valence-electron chi connectivity index (χ1n) is 7.74. The van der Waals surface area contributed by atoms with Gasteiger partial charge in [-0.1, -0.05) is 17.7 Å². The Kier molecular flexibility index (Phi) is 5.34. The summed E-state index contributed by atoms with van der Waals surface area (Å²) in [6.07, 6.45) is 2.05. The van der Waals surface area contributed by atoms with Crippen LogP contribution < -0.4 is 5.32 Å². The molecule has 22 heavy (non-hydrogen) atoms. The maximum Gasteiger partial charge on any atom is 0.242 e. The van der Waals surface area contributed by atoms with Crippen molar-refractivity contribution < 1.29 is 4.74 Å². The van der Waals surface area contributed by atoms with Crippen molar-refractivity contribution in [3.8, 4) is 0 Å². The quantitative estimate of drug-likeness (QED) is 0.632. The molecule has 3 rings (SSSR count). The van der Waals surface area contributed by atoms with Crippen molar-refractivity contribution in [2.75, 3.05) is 30.8 Å². The highest BCUT2D eigenvalue weighted by atomic mass is 32.2. The highest BCUT2D eigenvalue weighted by Crippen LogP contribution is 2.24. The van der Waals surface area contributed by atoms with Gasteiger partial charge in [0, 0.05) is 36.3 Å². The van der Waals surface area contributed by atoms with Crippen LogP contribution in [0.3, 0.4) is 0 Å². The van der Waals surface area contributed by atoms with Gasteiger partial charge < -0.3 is 10.1 Å². The summed E-state index contributed by atoms with van der Waals surface area (Å²) in [5.74, 6) is 3.13. The number of nitrogens with zero attached hydrogens (tertiary/aromatic N) is 2. The van der Waals surface area contributed by atoms with Crippen molar-refractivity contribution in [1.82, 2.24) is 15.2 Å². The van der Waals surface area contributed by atoms with Crippen LogP contribution in [0.5, 0.6) is 0 Å². The molecule has 1 aromatic carbocycles. The lowest BCUT2D eigenvalue weighted by atomic mass is 10.00. The second-order valence-electron chi connectivity index (χ2n) is 5.52. The molecule has 0 radical (unpaired) electrons. The smallest absolute Gasteiger partial charge is 0.242 e. The van der Waals surface area contributed by atoms with Crippen LogP contribution in [0.25, 0.3) is 0 Å². The van der Waals surface area contributed by atoms with Crippen LogP contribution in [-0.2, 0) is 4.74 Å². The third-order valence-corrected chi connectivity index (χ3v) is 4.80. The van der Waals surface area contributed by atoms with Crippen molar-refractivity contribution in [1.29, 1.82) is 0 Å². The lowest BCUT2D eigenvalue weighted by Crippen LogP contribution is -2.15. The molecule has 0 amide bonds. The minimum Gasteiger partial charge on any atom is -0.381 e. The maximum absolute atomic E-state index is 5.38. The standard InChI is InChI=1S/C16H22N4OS/c1-12-2-4-14(5-3-12)22-11-8-17-16-18-15(19-20-16)13-6-9-21-10-7-13/h2-5,13H,6-11H2,1H3,(H2,17,18,19,20). The van der Waals surface area contributed by atoms with Crippen LogP contribution in [0, 0.1) is 6.92 Å². The van der Waals surface area contributed by atoms with Crippen LogP contribution in [0.1, 0.15) is 30.1 Å². The van der Waals surface area contributed by atoms with Gasteiger partial charge >= 0.3 is 0 Å². The number of anilines is 1. The molecular weight excluding hydrogens is 296 g/mol. The van der Waals surface area contributed by atoms with Crippen molar-refractivity contribution in [3.63, 3.8) is 0 Å². The summed E-state index contributed by atoms with van der Waals surface area (Å²) in [5.41, 5.74) is 1.30. The topological polar surface area (TPSA) is 62.8 Å². The molecule has 0 unspecified atom stereocenters. The fourth-order valence-corrected chi connectivity index (χ4v) is 3.24. The number of thioether (sulfide) groups is 1. The first-order valence-corrected chi connectivity index (χ1v) is 8.73. The molecule has 1 aliphatic heterocycles. The molecule has 0 saturated carbocycles. The number of hydrogen-bond donors (Lipinski definition) is 2. The summed E-state index contributed by atoms with van der Waals surface area (Å²) in [6, 6.07) is 8.61. The van der Waals surface area contributed by atoms with Gasteiger partial charge in [0.2, 0.25) is 5.95 Å². The van der Waals surface area contributed by atoms with Crippen LogP contribution in [-0.4, -0.2) is 40.7 Å². The van der Waals surface area contributed by atoms with E-state index < -0.39 is 0 Å². The van der Waals surface area contributed by atoms with E-state index in [-0.39, 0.29) is 0 Å². The Labute approximate surface area is 135 Å². The van der Waals surface area contributed by atoms with Crippen molar-refractivity contribution in [3.05, 3.63) is 35.7 Å². The molecule has 5 nitrogen and oxygen atoms in total. The lowest BCUT2D eigenvalue weighted by molar-refractivity contribution is 0.0836. The predicted octanol–water partition coefficient (Wildman–Crippen LogP) is 3.21. The number of rotatable bonds is 6. The van der Waals surface area contributed by atoms with E-state index in [0.29, 0.717) is 11.9 Å². The van der Waals surface area contributed by atoms with Crippen molar-refractivity contribution in [2.24, 2.45) is 0 Å². The number of benzene rings is 1. The highest BCUT2D eigenvalue weighted by Gasteiger charge is 2.19. The summed E-state index contributed by atoms with van der Waals surface area (Å²) >= 11 is 1.84. The zero-order chi connectivity index (χ0) is 15.2. The van der Waals surface area contributed by atoms with Gasteiger partial charge in [0.15, 0.2) is 0 Å². The molecule has 1 fully saturated rings. The van der Waals surface area contributed by atoms with E-state index in [4.69, 9.17) is 4.74 Å². The van der Waals surface area contributed by atoms with E-state index >= 15 is 0 Å². The van der Waals surface area contributed by atoms with Crippen molar-refractivity contribution >= 4 is 17.7 Å². The molecule has 0 atom stereocenters. The normalized spacial score (nSPS) is 15.9. The van der Waals surface area contributed by atoms with Gasteiger partial charge in [0.1, 0.15) is 5.82 Å². The lowest BCUT2D eigenvalue weighted by Gasteiger charge is -2.19. The second-order valence-corrected chi connectivity index (χ2v) is 6.69. The largest absolute Gasteiger partial charge is 0.381 e. The number of ether oxygens (including phenoxy) is 1. The highest BCUT2D eigenvalue weighted by molar-refractivity contribution is 7.99. The van der Waals surface area contributed by atoms with Crippen LogP contribution in [0.15, 0.2) is 29.2 Å². The first-order chi connectivity index (χ1) is 10.8. The Morgan fingerprint density at radius 3 is 2.82 bits per heavy atom. The van der Waals surface area contributed by atoms with E-state index in [2.05, 4.69) is 51.7 Å². The molecule has 2 N–H and O–H groups in total. The van der Waals surface area contributed by atoms with E-state index in [1.807, 2.05) is 11.8 Å². The number of hydrogen-bond acceptors (Lipinski definition) is 5. The van der Waals surface area contributed by atoms with Gasteiger partial charge in [-0.2, -0.15) is 4.98 Å². The molecule has 0 spiro atoms. The van der Waals surface area contributed by atoms with Gasteiger partial charge in [-0.05, 0) is 31.9 Å². The molecule has 0 bridgehead atoms. The minimum atomic E-state index is 0.457. The number of nitrogens with one attached hydrogen (secondary N) is 2. The third-order valence-electron chi connectivity index (χ3n) is 3.79. The Morgan fingerprint density at radius 2 is 2.05 bits per heavy atom. The first kappa shape index (κ1) is 15.4. The molecule has 118 valence electrons. The zero-order valence-corrected chi connectivity index (χ0v) is 13.7. The molecule has 2 heterocycles. The molecule has 0 aliphatic carbocycles. The number of aromatic amines is 1. The van der Waals surface area contributed by atoms with Gasteiger partial charge in [-0.25, -0.2) is 0 Å². The maximum atomic E-state index is 5.38. The van der Waals surface area contributed by atoms with Crippen LogP contribution in [0.2, 0.25) is 0 Å². The summed E-state index contributed by atoms with van der Waals surface area (Å²) in [6.45, 7) is 4.60. The molecule has 1 saturated heterocycles. The molecular formula is C16H22N4OS. The second kappa shape index (κ2) is 7.65. The summed E-state index contributed by atoms with van der Waals surface area (Å²) < 4.78 is 5.38. The van der Waals surface area contributed by atoms with Gasteiger partial charge in [-0.3, -0.25) is 5.10 Å². The van der Waals surface area contributed by atoms with Crippen LogP contribution >= 0.6 is 11.8 Å². The van der Waals surface area contributed by atoms with Gasteiger partial charge in [0.05, 0.1) is 0 Å². The molecule has 1 aliphatic rings. The number of aromatic nitrogens is 3. The van der Waals surface area contributed by atoms with Crippen LogP contribution in [0.4, 0.5) is 5.95 Å². The number of aryl methyl sites for hydroxylation is 1. The average molecular weight is 318 g/mol. The molecule has 1 aromatic heterocycles. The summed E-state index contributed by atoms with van der Waals surface area (Å²) in [7, 11) is 0. The average Bonchev–Trinajstić information content (AvgIpc) is 3.03. The molecule has 2 aromatic rings. The van der Waals surface area contributed by atoms with Crippen molar-refractivity contribution in [2.45, 2.75) is 30.6 Å². The van der Waals surface area contributed by atoms with Gasteiger partial charge in [0.25, 0.3) is 0 Å². The Bertz CT molecular complexity index is 578. The monoisotopic (exact) mass is 318 g/mol. The van der Waals surface area contributed by atoms with E-state index in [0.717, 1.165) is 44.2 Å². The Morgan fingerprint density at radius 1 is 1.27 bits per heavy atom. The zero-order valence-electron chi connectivity index (χ0n) is 12.8. The van der Waals surface area contributed by atoms with E-state index in [9.17, 15) is 0 Å². The minimum absolute atomic E-state index is 0.457. The van der Waals surface area contributed by atoms with Gasteiger partial charge in [-0.15, -0.1) is 16.9 Å². The predicted molar refractivity (Wildman–Crippen MR) is 89.6 cm³/mol. The SMILES string of the molecule is Cc1ccc(SCCNc2n[nH]c(C3CCOCC3)n2)cc1. The molecule has 6 heteroatoms. The Hall–Kier alpha value is -1.53. The number of H-pyrrole nitrogens is 1. The van der Waals surface area contributed by atoms with E-state index in [1.54, 1.807) is 0 Å². The fraction of sp³-hybridized carbons (Fsp3) is 0.500. The fourth-order valence-electron chi connectivity index (χ4n) is 2.47. The summed E-state index contributed by atoms with van der Waals surface area (Å²) in [4.78, 5) is 5.84. The summed E-state index contributed by atoms with van der Waals surface area (Å²) in [5, 5.41) is 10.6. The Balaban J connectivity index is 1.42.